The summed E-state index contributed by atoms with van der Waals surface area (Å²) in [6.45, 7) is 1.14. The van der Waals surface area contributed by atoms with Gasteiger partial charge in [-0.05, 0) is 30.8 Å². The van der Waals surface area contributed by atoms with E-state index >= 15 is 0 Å². The molecule has 136 valence electrons. The number of ether oxygens (including phenoxy) is 1. The summed E-state index contributed by atoms with van der Waals surface area (Å²) >= 11 is 0. The molecule has 0 spiro atoms. The zero-order valence-electron chi connectivity index (χ0n) is 14.4. The molecule has 1 aromatic heterocycles. The highest BCUT2D eigenvalue weighted by atomic mass is 32.2. The van der Waals surface area contributed by atoms with Gasteiger partial charge in [-0.25, -0.2) is 8.42 Å². The van der Waals surface area contributed by atoms with Crippen LogP contribution in [0.15, 0.2) is 36.7 Å². The Hall–Kier alpha value is -1.90. The molecule has 2 atom stereocenters. The second-order valence-corrected chi connectivity index (χ2v) is 8.63. The van der Waals surface area contributed by atoms with Crippen molar-refractivity contribution in [2.75, 3.05) is 25.7 Å². The van der Waals surface area contributed by atoms with Crippen molar-refractivity contribution in [2.24, 2.45) is 0 Å². The van der Waals surface area contributed by atoms with Gasteiger partial charge in [0.25, 0.3) is 0 Å². The van der Waals surface area contributed by atoms with Crippen molar-refractivity contribution < 1.29 is 18.3 Å². The fourth-order valence-electron chi connectivity index (χ4n) is 3.26. The Kier molecular flexibility index (Phi) is 5.12. The first kappa shape index (κ1) is 17.9. The summed E-state index contributed by atoms with van der Waals surface area (Å²) in [5.41, 5.74) is 2.03. The molecule has 0 bridgehead atoms. The number of likely N-dealkylation sites (N-methyl/N-ethyl adjacent to an activating group) is 1. The minimum atomic E-state index is -3.16. The fraction of sp³-hybridized carbons (Fsp3) is 0.471. The second-order valence-electron chi connectivity index (χ2n) is 6.48. The molecule has 1 aliphatic heterocycles. The summed E-state index contributed by atoms with van der Waals surface area (Å²) in [6.07, 6.45) is 2.78. The summed E-state index contributed by atoms with van der Waals surface area (Å²) in [5.74, 6) is 0.626. The molecule has 2 heterocycles. The van der Waals surface area contributed by atoms with Gasteiger partial charge in [0.05, 0.1) is 37.3 Å². The first-order valence-corrected chi connectivity index (χ1v) is 9.92. The zero-order chi connectivity index (χ0) is 18.0. The Morgan fingerprint density at radius 3 is 2.80 bits per heavy atom. The van der Waals surface area contributed by atoms with Crippen molar-refractivity contribution in [3.05, 3.63) is 47.8 Å². The number of hydrogen-bond donors (Lipinski definition) is 1. The van der Waals surface area contributed by atoms with E-state index in [2.05, 4.69) is 5.10 Å². The molecule has 1 aliphatic rings. The number of aromatic nitrogens is 2. The lowest BCUT2D eigenvalue weighted by Gasteiger charge is -2.26. The Labute approximate surface area is 147 Å². The van der Waals surface area contributed by atoms with Crippen LogP contribution >= 0.6 is 0 Å². The van der Waals surface area contributed by atoms with Crippen LogP contribution in [0, 0.1) is 0 Å². The highest BCUT2D eigenvalue weighted by molar-refractivity contribution is 7.91. The van der Waals surface area contributed by atoms with E-state index in [1.807, 2.05) is 47.1 Å². The summed E-state index contributed by atoms with van der Waals surface area (Å²) in [5, 5.41) is 14.2. The standard InChI is InChI=1S/C17H23N3O4S/c1-19(15-11-25(22,23)12-16(15)21)9-13-4-5-17(24-2)14(8-13)10-20-7-3-6-18-20/h3-8,15-16,21H,9-12H2,1-2H3/t15-,16-/m1/s1. The molecule has 0 amide bonds. The van der Waals surface area contributed by atoms with Crippen LogP contribution in [0.3, 0.4) is 0 Å². The minimum absolute atomic E-state index is 0.000958. The van der Waals surface area contributed by atoms with Gasteiger partial charge in [0.2, 0.25) is 0 Å². The maximum atomic E-state index is 11.7. The lowest BCUT2D eigenvalue weighted by molar-refractivity contribution is 0.0957. The smallest absolute Gasteiger partial charge is 0.154 e. The zero-order valence-corrected chi connectivity index (χ0v) is 15.2. The number of methoxy groups -OCH3 is 1. The quantitative estimate of drug-likeness (QED) is 0.804. The average molecular weight is 365 g/mol. The molecule has 0 saturated carbocycles. The fourth-order valence-corrected chi connectivity index (χ4v) is 5.13. The third-order valence-electron chi connectivity index (χ3n) is 4.53. The third kappa shape index (κ3) is 4.20. The van der Waals surface area contributed by atoms with E-state index < -0.39 is 15.9 Å². The van der Waals surface area contributed by atoms with Gasteiger partial charge in [-0.3, -0.25) is 9.58 Å². The highest BCUT2D eigenvalue weighted by Gasteiger charge is 2.38. The molecule has 0 radical (unpaired) electrons. The average Bonchev–Trinajstić information content (AvgIpc) is 3.14. The first-order valence-electron chi connectivity index (χ1n) is 8.10. The van der Waals surface area contributed by atoms with E-state index in [0.29, 0.717) is 13.1 Å². The van der Waals surface area contributed by atoms with Gasteiger partial charge in [0.1, 0.15) is 5.75 Å². The number of rotatable bonds is 6. The number of aliphatic hydroxyl groups excluding tert-OH is 1. The Morgan fingerprint density at radius 1 is 1.40 bits per heavy atom. The van der Waals surface area contributed by atoms with Crippen LogP contribution in [-0.2, 0) is 22.9 Å². The Morgan fingerprint density at radius 2 is 2.20 bits per heavy atom. The SMILES string of the molecule is COc1ccc(CN(C)[C@@H]2CS(=O)(=O)C[C@H]2O)cc1Cn1cccn1. The van der Waals surface area contributed by atoms with E-state index in [1.165, 1.54) is 0 Å². The third-order valence-corrected chi connectivity index (χ3v) is 6.23. The van der Waals surface area contributed by atoms with E-state index in [-0.39, 0.29) is 17.5 Å². The van der Waals surface area contributed by atoms with Crippen molar-refractivity contribution in [2.45, 2.75) is 25.2 Å². The van der Waals surface area contributed by atoms with Crippen LogP contribution in [0.5, 0.6) is 5.75 Å². The van der Waals surface area contributed by atoms with E-state index in [4.69, 9.17) is 4.74 Å². The number of nitrogens with zero attached hydrogens (tertiary/aromatic N) is 3. The molecule has 0 unspecified atom stereocenters. The Balaban J connectivity index is 1.76. The maximum absolute atomic E-state index is 11.7. The predicted molar refractivity (Wildman–Crippen MR) is 94.2 cm³/mol. The van der Waals surface area contributed by atoms with Crippen molar-refractivity contribution in [1.82, 2.24) is 14.7 Å². The van der Waals surface area contributed by atoms with Crippen LogP contribution in [0.25, 0.3) is 0 Å². The maximum Gasteiger partial charge on any atom is 0.154 e. The summed E-state index contributed by atoms with van der Waals surface area (Å²) < 4.78 is 30.7. The van der Waals surface area contributed by atoms with Gasteiger partial charge in [0, 0.05) is 24.5 Å². The van der Waals surface area contributed by atoms with Crippen LogP contribution in [0.1, 0.15) is 11.1 Å². The topological polar surface area (TPSA) is 84.7 Å². The number of benzene rings is 1. The normalized spacial score (nSPS) is 22.4. The van der Waals surface area contributed by atoms with Gasteiger partial charge in [-0.1, -0.05) is 6.07 Å². The van der Waals surface area contributed by atoms with E-state index in [0.717, 1.165) is 16.9 Å². The van der Waals surface area contributed by atoms with E-state index in [1.54, 1.807) is 13.3 Å². The number of hydrogen-bond acceptors (Lipinski definition) is 6. The molecule has 25 heavy (non-hydrogen) atoms. The van der Waals surface area contributed by atoms with Crippen molar-refractivity contribution in [3.63, 3.8) is 0 Å². The largest absolute Gasteiger partial charge is 0.496 e. The molecule has 1 N–H and O–H groups in total. The molecule has 1 saturated heterocycles. The van der Waals surface area contributed by atoms with Crippen molar-refractivity contribution in [3.8, 4) is 5.75 Å². The minimum Gasteiger partial charge on any atom is -0.496 e. The van der Waals surface area contributed by atoms with Crippen LogP contribution < -0.4 is 4.74 Å². The molecule has 8 heteroatoms. The van der Waals surface area contributed by atoms with Gasteiger partial charge in [-0.2, -0.15) is 5.10 Å². The lowest BCUT2D eigenvalue weighted by Crippen LogP contribution is -2.40. The summed E-state index contributed by atoms with van der Waals surface area (Å²) in [7, 11) is 0.313. The molecule has 0 aliphatic carbocycles. The highest BCUT2D eigenvalue weighted by Crippen LogP contribution is 2.24. The van der Waals surface area contributed by atoms with Crippen LogP contribution in [0.2, 0.25) is 0 Å². The molecule has 3 rings (SSSR count). The summed E-state index contributed by atoms with van der Waals surface area (Å²) in [4.78, 5) is 1.90. The lowest BCUT2D eigenvalue weighted by atomic mass is 10.1. The monoisotopic (exact) mass is 365 g/mol. The van der Waals surface area contributed by atoms with Gasteiger partial charge >= 0.3 is 0 Å². The van der Waals surface area contributed by atoms with Crippen molar-refractivity contribution >= 4 is 9.84 Å². The molecular formula is C17H23N3O4S. The molecular weight excluding hydrogens is 342 g/mol. The van der Waals surface area contributed by atoms with Crippen LogP contribution in [-0.4, -0.2) is 66.0 Å². The second kappa shape index (κ2) is 7.15. The summed E-state index contributed by atoms with van der Waals surface area (Å²) in [6, 6.07) is 7.39. The predicted octanol–water partition coefficient (Wildman–Crippen LogP) is 0.530. The van der Waals surface area contributed by atoms with E-state index in [9.17, 15) is 13.5 Å². The molecule has 2 aromatic rings. The Bertz CT molecular complexity index is 820. The molecule has 7 nitrogen and oxygen atoms in total. The van der Waals surface area contributed by atoms with Gasteiger partial charge < -0.3 is 9.84 Å². The van der Waals surface area contributed by atoms with Crippen LogP contribution in [0.4, 0.5) is 0 Å². The van der Waals surface area contributed by atoms with Gasteiger partial charge in [-0.15, -0.1) is 0 Å². The van der Waals surface area contributed by atoms with Gasteiger partial charge in [0.15, 0.2) is 9.84 Å². The first-order chi connectivity index (χ1) is 11.9. The van der Waals surface area contributed by atoms with Crippen molar-refractivity contribution in [1.29, 1.82) is 0 Å². The number of aliphatic hydroxyl groups is 1. The number of sulfone groups is 1. The molecule has 1 aromatic carbocycles. The molecule has 1 fully saturated rings.